The lowest BCUT2D eigenvalue weighted by Crippen LogP contribution is -2.18. The number of nitrogens with zero attached hydrogens (tertiary/aromatic N) is 2. The topological polar surface area (TPSA) is 62.3 Å². The van der Waals surface area contributed by atoms with Gasteiger partial charge in [-0.15, -0.1) is 0 Å². The minimum atomic E-state index is -0.148. The van der Waals surface area contributed by atoms with E-state index in [9.17, 15) is 9.59 Å². The van der Waals surface area contributed by atoms with Crippen molar-refractivity contribution in [2.45, 2.75) is 31.7 Å². The number of rotatable bonds is 1. The Morgan fingerprint density at radius 1 is 1.32 bits per heavy atom. The predicted molar refractivity (Wildman–Crippen MR) is 71.2 cm³/mol. The van der Waals surface area contributed by atoms with Crippen molar-refractivity contribution in [3.8, 4) is 0 Å². The van der Waals surface area contributed by atoms with Crippen molar-refractivity contribution in [1.82, 2.24) is 15.2 Å². The van der Waals surface area contributed by atoms with Gasteiger partial charge in [-0.3, -0.25) is 24.8 Å². The third-order valence-electron chi connectivity index (χ3n) is 3.45. The molecule has 1 aromatic rings. The minimum Gasteiger partial charge on any atom is -0.299 e. The van der Waals surface area contributed by atoms with Gasteiger partial charge in [-0.1, -0.05) is 6.07 Å². The van der Waals surface area contributed by atoms with Crippen molar-refractivity contribution in [3.63, 3.8) is 0 Å². The van der Waals surface area contributed by atoms with E-state index in [1.807, 2.05) is 18.5 Å². The molecule has 2 saturated heterocycles. The summed E-state index contributed by atoms with van der Waals surface area (Å²) >= 11 is 0. The van der Waals surface area contributed by atoms with Gasteiger partial charge in [0.1, 0.15) is 0 Å². The van der Waals surface area contributed by atoms with Gasteiger partial charge < -0.3 is 0 Å². The Morgan fingerprint density at radius 3 is 2.47 bits per heavy atom. The third-order valence-corrected chi connectivity index (χ3v) is 3.45. The number of pyridine rings is 1. The molecule has 5 heteroatoms. The maximum absolute atomic E-state index is 10.1. The summed E-state index contributed by atoms with van der Waals surface area (Å²) in [6.45, 7) is 1.22. The number of carbonyl (C=O) groups excluding carboxylic acids is 2. The molecule has 2 aliphatic heterocycles. The zero-order valence-corrected chi connectivity index (χ0v) is 11.1. The number of amides is 2. The minimum absolute atomic E-state index is 0.148. The summed E-state index contributed by atoms with van der Waals surface area (Å²) < 4.78 is 0. The van der Waals surface area contributed by atoms with Gasteiger partial charge in [0.2, 0.25) is 11.8 Å². The van der Waals surface area contributed by atoms with Crippen molar-refractivity contribution in [3.05, 3.63) is 30.1 Å². The number of carbonyl (C=O) groups is 2. The third kappa shape index (κ3) is 3.86. The zero-order valence-electron chi connectivity index (χ0n) is 11.1. The van der Waals surface area contributed by atoms with E-state index in [2.05, 4.69) is 28.3 Å². The smallest absolute Gasteiger partial charge is 0.227 e. The molecule has 1 N–H and O–H groups in total. The van der Waals surface area contributed by atoms with Crippen LogP contribution in [0.4, 0.5) is 0 Å². The van der Waals surface area contributed by atoms with Gasteiger partial charge in [-0.25, -0.2) is 0 Å². The van der Waals surface area contributed by atoms with E-state index >= 15 is 0 Å². The van der Waals surface area contributed by atoms with Crippen LogP contribution in [-0.2, 0) is 9.59 Å². The first-order chi connectivity index (χ1) is 9.16. The normalized spacial score (nSPS) is 22.9. The van der Waals surface area contributed by atoms with E-state index in [0.29, 0.717) is 18.9 Å². The van der Waals surface area contributed by atoms with Crippen LogP contribution < -0.4 is 5.32 Å². The number of nitrogens with one attached hydrogen (secondary N) is 1. The molecule has 2 fully saturated rings. The van der Waals surface area contributed by atoms with Crippen LogP contribution in [0, 0.1) is 0 Å². The predicted octanol–water partition coefficient (Wildman–Crippen LogP) is 1.27. The molecule has 0 aliphatic carbocycles. The fourth-order valence-electron chi connectivity index (χ4n) is 2.41. The lowest BCUT2D eigenvalue weighted by molar-refractivity contribution is -0.124. The van der Waals surface area contributed by atoms with E-state index in [1.54, 1.807) is 0 Å². The largest absolute Gasteiger partial charge is 0.299 e. The Morgan fingerprint density at radius 2 is 2.05 bits per heavy atom. The van der Waals surface area contributed by atoms with E-state index in [-0.39, 0.29) is 11.8 Å². The number of aromatic nitrogens is 1. The Kier molecular flexibility index (Phi) is 4.63. The van der Waals surface area contributed by atoms with Gasteiger partial charge in [0.05, 0.1) is 0 Å². The molecule has 0 spiro atoms. The van der Waals surface area contributed by atoms with E-state index in [4.69, 9.17) is 0 Å². The average Bonchev–Trinajstić information content (AvgIpc) is 3.00. The summed E-state index contributed by atoms with van der Waals surface area (Å²) in [7, 11) is 2.19. The van der Waals surface area contributed by atoms with Gasteiger partial charge in [0.25, 0.3) is 0 Å². The summed E-state index contributed by atoms with van der Waals surface area (Å²) in [4.78, 5) is 26.8. The molecular formula is C14H19N3O2. The van der Waals surface area contributed by atoms with Crippen LogP contribution in [0.3, 0.4) is 0 Å². The fourth-order valence-corrected chi connectivity index (χ4v) is 2.41. The van der Waals surface area contributed by atoms with Gasteiger partial charge in [-0.05, 0) is 38.1 Å². The molecule has 19 heavy (non-hydrogen) atoms. The second-order valence-electron chi connectivity index (χ2n) is 4.90. The molecule has 5 nitrogen and oxygen atoms in total. The van der Waals surface area contributed by atoms with Gasteiger partial charge in [-0.2, -0.15) is 0 Å². The van der Waals surface area contributed by atoms with Crippen LogP contribution in [-0.4, -0.2) is 35.3 Å². The summed E-state index contributed by atoms with van der Waals surface area (Å²) in [5.41, 5.74) is 1.36. The van der Waals surface area contributed by atoms with E-state index < -0.39 is 0 Å². The monoisotopic (exact) mass is 261 g/mol. The SMILES string of the molecule is CN1CCCC1c1cccnc1.O=C1CCC(=O)N1. The van der Waals surface area contributed by atoms with Crippen LogP contribution in [0.5, 0.6) is 0 Å². The van der Waals surface area contributed by atoms with Crippen molar-refractivity contribution in [2.75, 3.05) is 13.6 Å². The lowest BCUT2D eigenvalue weighted by atomic mass is 10.1. The highest BCUT2D eigenvalue weighted by Gasteiger charge is 2.21. The molecule has 2 aliphatic rings. The van der Waals surface area contributed by atoms with Crippen molar-refractivity contribution in [1.29, 1.82) is 0 Å². The maximum Gasteiger partial charge on any atom is 0.227 e. The summed E-state index contributed by atoms with van der Waals surface area (Å²) in [6, 6.07) is 4.79. The molecular weight excluding hydrogens is 242 g/mol. The zero-order chi connectivity index (χ0) is 13.7. The van der Waals surface area contributed by atoms with Gasteiger partial charge >= 0.3 is 0 Å². The maximum atomic E-state index is 10.1. The fraction of sp³-hybridized carbons (Fsp3) is 0.500. The van der Waals surface area contributed by atoms with Crippen molar-refractivity contribution in [2.24, 2.45) is 0 Å². The molecule has 3 heterocycles. The van der Waals surface area contributed by atoms with Crippen LogP contribution >= 0.6 is 0 Å². The molecule has 0 saturated carbocycles. The molecule has 0 radical (unpaired) electrons. The standard InChI is InChI=1S/C10H14N2.C4H5NO2/c1-12-7-3-5-10(12)9-4-2-6-11-8-9;6-3-1-2-4(7)5-3/h2,4,6,8,10H,3,5,7H2,1H3;1-2H2,(H,5,6,7). The molecule has 0 aromatic carbocycles. The summed E-state index contributed by atoms with van der Waals surface area (Å²) in [6.07, 6.45) is 7.15. The van der Waals surface area contributed by atoms with Gasteiger partial charge in [0.15, 0.2) is 0 Å². The molecule has 3 rings (SSSR count). The Labute approximate surface area is 113 Å². The summed E-state index contributed by atoms with van der Waals surface area (Å²) in [5.74, 6) is -0.296. The molecule has 2 amide bonds. The number of hydrogen-bond acceptors (Lipinski definition) is 4. The van der Waals surface area contributed by atoms with Crippen molar-refractivity contribution >= 4 is 11.8 Å². The lowest BCUT2D eigenvalue weighted by Gasteiger charge is -2.18. The number of likely N-dealkylation sites (tertiary alicyclic amines) is 1. The Bertz CT molecular complexity index is 433. The highest BCUT2D eigenvalue weighted by Crippen LogP contribution is 2.29. The first-order valence-electron chi connectivity index (χ1n) is 6.59. The quantitative estimate of drug-likeness (QED) is 0.773. The van der Waals surface area contributed by atoms with Gasteiger partial charge in [0, 0.05) is 31.3 Å². The van der Waals surface area contributed by atoms with E-state index in [1.165, 1.54) is 24.9 Å². The molecule has 1 aromatic heterocycles. The number of imide groups is 1. The Hall–Kier alpha value is -1.75. The van der Waals surface area contributed by atoms with E-state index in [0.717, 1.165) is 0 Å². The summed E-state index contributed by atoms with van der Waals surface area (Å²) in [5, 5.41) is 2.14. The molecule has 1 atom stereocenters. The molecule has 0 bridgehead atoms. The highest BCUT2D eigenvalue weighted by atomic mass is 16.2. The molecule has 1 unspecified atom stereocenters. The van der Waals surface area contributed by atoms with Crippen molar-refractivity contribution < 1.29 is 9.59 Å². The highest BCUT2D eigenvalue weighted by molar-refractivity contribution is 6.01. The molecule has 102 valence electrons. The number of hydrogen-bond donors (Lipinski definition) is 1. The van der Waals surface area contributed by atoms with Crippen LogP contribution in [0.1, 0.15) is 37.3 Å². The van der Waals surface area contributed by atoms with Crippen LogP contribution in [0.15, 0.2) is 24.5 Å². The second kappa shape index (κ2) is 6.43. The first-order valence-corrected chi connectivity index (χ1v) is 6.59. The first kappa shape index (κ1) is 13.7. The van der Waals surface area contributed by atoms with Crippen LogP contribution in [0.25, 0.3) is 0 Å². The van der Waals surface area contributed by atoms with Crippen LogP contribution in [0.2, 0.25) is 0 Å². The average molecular weight is 261 g/mol. The Balaban J connectivity index is 0.000000163. The second-order valence-corrected chi connectivity index (χ2v) is 4.90.